The first-order chi connectivity index (χ1) is 7.58. The van der Waals surface area contributed by atoms with Crippen molar-refractivity contribution >= 4 is 17.6 Å². The molecule has 1 aliphatic rings. The summed E-state index contributed by atoms with van der Waals surface area (Å²) in [6.07, 6.45) is 1.15. The third-order valence-electron chi connectivity index (χ3n) is 2.84. The summed E-state index contributed by atoms with van der Waals surface area (Å²) in [5.41, 5.74) is 0.992. The van der Waals surface area contributed by atoms with E-state index >= 15 is 0 Å². The van der Waals surface area contributed by atoms with E-state index in [2.05, 4.69) is 0 Å². The number of hydrogen-bond acceptors (Lipinski definition) is 2. The molecule has 3 nitrogen and oxygen atoms in total. The molecule has 0 aliphatic carbocycles. The first-order valence-electron chi connectivity index (χ1n) is 5.24. The normalized spacial score (nSPS) is 20.0. The molecule has 1 aliphatic heterocycles. The van der Waals surface area contributed by atoms with Crippen molar-refractivity contribution in [1.82, 2.24) is 0 Å². The zero-order valence-electron chi connectivity index (χ0n) is 8.94. The molecule has 1 heterocycles. The van der Waals surface area contributed by atoms with Crippen LogP contribution in [0.15, 0.2) is 18.2 Å². The maximum absolute atomic E-state index is 10.7. The second kappa shape index (κ2) is 4.34. The van der Waals surface area contributed by atoms with E-state index < -0.39 is 11.9 Å². The predicted molar refractivity (Wildman–Crippen MR) is 61.0 cm³/mol. The lowest BCUT2D eigenvalue weighted by molar-refractivity contribution is -0.141. The van der Waals surface area contributed by atoms with Crippen LogP contribution in [0.1, 0.15) is 18.9 Å². The molecular weight excluding hydrogens is 228 g/mol. The van der Waals surface area contributed by atoms with E-state index in [-0.39, 0.29) is 6.10 Å². The van der Waals surface area contributed by atoms with Gasteiger partial charge in [0.15, 0.2) is 0 Å². The summed E-state index contributed by atoms with van der Waals surface area (Å²) in [7, 11) is 0. The van der Waals surface area contributed by atoms with Crippen molar-refractivity contribution in [3.8, 4) is 5.75 Å². The van der Waals surface area contributed by atoms with Gasteiger partial charge in [-0.05, 0) is 18.6 Å². The van der Waals surface area contributed by atoms with Gasteiger partial charge < -0.3 is 9.84 Å². The van der Waals surface area contributed by atoms with Gasteiger partial charge in [-0.15, -0.1) is 0 Å². The number of aliphatic carboxylic acids is 1. The molecule has 2 atom stereocenters. The van der Waals surface area contributed by atoms with Gasteiger partial charge in [-0.2, -0.15) is 0 Å². The Hall–Kier alpha value is -1.22. The van der Waals surface area contributed by atoms with Crippen LogP contribution in [0.2, 0.25) is 5.02 Å². The Morgan fingerprint density at radius 3 is 3.06 bits per heavy atom. The van der Waals surface area contributed by atoms with E-state index in [0.717, 1.165) is 11.3 Å². The van der Waals surface area contributed by atoms with E-state index in [1.165, 1.54) is 0 Å². The Bertz CT molecular complexity index is 417. The fraction of sp³-hybridized carbons (Fsp3) is 0.417. The summed E-state index contributed by atoms with van der Waals surface area (Å²) in [6, 6.07) is 5.53. The van der Waals surface area contributed by atoms with E-state index in [4.69, 9.17) is 21.4 Å². The largest absolute Gasteiger partial charge is 0.490 e. The minimum absolute atomic E-state index is 0.0685. The second-order valence-electron chi connectivity index (χ2n) is 4.14. The highest BCUT2D eigenvalue weighted by molar-refractivity contribution is 6.31. The van der Waals surface area contributed by atoms with Crippen LogP contribution in [0.4, 0.5) is 0 Å². The molecule has 1 aromatic carbocycles. The lowest BCUT2D eigenvalue weighted by atomic mass is 10.0. The van der Waals surface area contributed by atoms with Gasteiger partial charge in [0.1, 0.15) is 11.9 Å². The number of carboxylic acid groups (broad SMARTS) is 1. The Morgan fingerprint density at radius 2 is 2.44 bits per heavy atom. The highest BCUT2D eigenvalue weighted by atomic mass is 35.5. The molecule has 0 radical (unpaired) electrons. The van der Waals surface area contributed by atoms with Crippen LogP contribution < -0.4 is 4.74 Å². The third kappa shape index (κ3) is 2.14. The zero-order valence-corrected chi connectivity index (χ0v) is 9.70. The summed E-state index contributed by atoms with van der Waals surface area (Å²) in [5.74, 6) is -0.390. The number of rotatable bonds is 3. The van der Waals surface area contributed by atoms with Crippen LogP contribution >= 0.6 is 11.6 Å². The lowest BCUT2D eigenvalue weighted by Crippen LogP contribution is -2.21. The number of benzene rings is 1. The quantitative estimate of drug-likeness (QED) is 0.884. The smallest absolute Gasteiger partial charge is 0.306 e. The van der Waals surface area contributed by atoms with Crippen molar-refractivity contribution < 1.29 is 14.6 Å². The molecule has 16 heavy (non-hydrogen) atoms. The first kappa shape index (κ1) is 11.3. The topological polar surface area (TPSA) is 46.5 Å². The standard InChI is InChI=1S/C12H13ClO3/c1-7(12(14)15)5-8-6-9-10(13)3-2-4-11(9)16-8/h2-4,7-8H,5-6H2,1H3,(H,14,15). The lowest BCUT2D eigenvalue weighted by Gasteiger charge is -2.12. The Balaban J connectivity index is 2.06. The first-order valence-corrected chi connectivity index (χ1v) is 5.62. The molecule has 2 rings (SSSR count). The van der Waals surface area contributed by atoms with E-state index in [9.17, 15) is 4.79 Å². The van der Waals surface area contributed by atoms with Crippen LogP contribution in [0.3, 0.4) is 0 Å². The SMILES string of the molecule is CC(CC1Cc2c(Cl)cccc2O1)C(=O)O. The molecule has 0 saturated carbocycles. The Labute approximate surface area is 99.0 Å². The van der Waals surface area contributed by atoms with Crippen LogP contribution in [-0.4, -0.2) is 17.2 Å². The summed E-state index contributed by atoms with van der Waals surface area (Å²) in [4.78, 5) is 10.7. The molecule has 86 valence electrons. The maximum atomic E-state index is 10.7. The molecule has 2 unspecified atom stereocenters. The minimum Gasteiger partial charge on any atom is -0.490 e. The Morgan fingerprint density at radius 1 is 1.69 bits per heavy atom. The summed E-state index contributed by atoms with van der Waals surface area (Å²) in [5, 5.41) is 9.53. The van der Waals surface area contributed by atoms with Crippen molar-refractivity contribution in [2.24, 2.45) is 5.92 Å². The van der Waals surface area contributed by atoms with Crippen molar-refractivity contribution in [3.05, 3.63) is 28.8 Å². The summed E-state index contributed by atoms with van der Waals surface area (Å²) >= 11 is 6.04. The number of carboxylic acids is 1. The molecule has 0 bridgehead atoms. The predicted octanol–water partition coefficient (Wildman–Crippen LogP) is 2.75. The van der Waals surface area contributed by atoms with Gasteiger partial charge in [0.25, 0.3) is 0 Å². The summed E-state index contributed by atoms with van der Waals surface area (Å²) < 4.78 is 5.66. The molecule has 1 N–H and O–H groups in total. The Kier molecular flexibility index (Phi) is 3.06. The summed E-state index contributed by atoms with van der Waals surface area (Å²) in [6.45, 7) is 1.69. The third-order valence-corrected chi connectivity index (χ3v) is 3.19. The molecule has 4 heteroatoms. The molecule has 0 saturated heterocycles. The highest BCUT2D eigenvalue weighted by Crippen LogP contribution is 2.35. The molecular formula is C12H13ClO3. The average molecular weight is 241 g/mol. The van der Waals surface area contributed by atoms with Gasteiger partial charge in [0.2, 0.25) is 0 Å². The number of fused-ring (bicyclic) bond motifs is 1. The van der Waals surface area contributed by atoms with Crippen LogP contribution in [0, 0.1) is 5.92 Å². The molecule has 0 amide bonds. The number of halogens is 1. The van der Waals surface area contributed by atoms with E-state index in [0.29, 0.717) is 17.9 Å². The fourth-order valence-electron chi connectivity index (χ4n) is 1.92. The molecule has 0 spiro atoms. The van der Waals surface area contributed by atoms with Gasteiger partial charge in [0, 0.05) is 17.0 Å². The second-order valence-corrected chi connectivity index (χ2v) is 4.54. The molecule has 0 fully saturated rings. The maximum Gasteiger partial charge on any atom is 0.306 e. The zero-order chi connectivity index (χ0) is 11.7. The van der Waals surface area contributed by atoms with Crippen molar-refractivity contribution in [2.45, 2.75) is 25.9 Å². The van der Waals surface area contributed by atoms with Gasteiger partial charge >= 0.3 is 5.97 Å². The number of carbonyl (C=O) groups is 1. The van der Waals surface area contributed by atoms with Gasteiger partial charge in [-0.3, -0.25) is 4.79 Å². The van der Waals surface area contributed by atoms with E-state index in [1.807, 2.05) is 18.2 Å². The average Bonchev–Trinajstić information content (AvgIpc) is 2.61. The molecule has 0 aromatic heterocycles. The number of hydrogen-bond donors (Lipinski definition) is 1. The van der Waals surface area contributed by atoms with E-state index in [1.54, 1.807) is 6.92 Å². The van der Waals surface area contributed by atoms with Crippen LogP contribution in [0.25, 0.3) is 0 Å². The monoisotopic (exact) mass is 240 g/mol. The van der Waals surface area contributed by atoms with Crippen LogP contribution in [0.5, 0.6) is 5.75 Å². The van der Waals surface area contributed by atoms with Crippen LogP contribution in [-0.2, 0) is 11.2 Å². The van der Waals surface area contributed by atoms with Gasteiger partial charge in [-0.1, -0.05) is 24.6 Å². The van der Waals surface area contributed by atoms with Crippen molar-refractivity contribution in [3.63, 3.8) is 0 Å². The number of ether oxygens (including phenoxy) is 1. The molecule has 1 aromatic rings. The fourth-order valence-corrected chi connectivity index (χ4v) is 2.17. The minimum atomic E-state index is -0.786. The highest BCUT2D eigenvalue weighted by Gasteiger charge is 2.27. The van der Waals surface area contributed by atoms with Gasteiger partial charge in [0.05, 0.1) is 5.92 Å². The van der Waals surface area contributed by atoms with Crippen molar-refractivity contribution in [1.29, 1.82) is 0 Å². The van der Waals surface area contributed by atoms with Gasteiger partial charge in [-0.25, -0.2) is 0 Å². The van der Waals surface area contributed by atoms with Crippen molar-refractivity contribution in [2.75, 3.05) is 0 Å².